The number of nitrogens with zero attached hydrogens (tertiary/aromatic N) is 2. The van der Waals surface area contributed by atoms with Crippen molar-refractivity contribution < 1.29 is 14.5 Å². The van der Waals surface area contributed by atoms with Gasteiger partial charge in [-0.3, -0.25) is 19.8 Å². The van der Waals surface area contributed by atoms with Crippen LogP contribution >= 0.6 is 0 Å². The summed E-state index contributed by atoms with van der Waals surface area (Å²) in [5.74, 6) is -0.243. The molecule has 4 rings (SSSR count). The van der Waals surface area contributed by atoms with Crippen LogP contribution in [-0.2, 0) is 4.79 Å². The Balaban J connectivity index is 1.28. The quantitative estimate of drug-likeness (QED) is 0.474. The third kappa shape index (κ3) is 5.33. The van der Waals surface area contributed by atoms with E-state index in [1.807, 2.05) is 0 Å². The highest BCUT2D eigenvalue weighted by Gasteiger charge is 2.42. The molecule has 0 radical (unpaired) electrons. The van der Waals surface area contributed by atoms with Crippen LogP contribution in [0.25, 0.3) is 0 Å². The molecule has 1 aromatic rings. The summed E-state index contributed by atoms with van der Waals surface area (Å²) < 4.78 is 0. The van der Waals surface area contributed by atoms with Gasteiger partial charge in [0, 0.05) is 30.2 Å². The van der Waals surface area contributed by atoms with E-state index in [1.165, 1.54) is 25.3 Å². The summed E-state index contributed by atoms with van der Waals surface area (Å²) in [4.78, 5) is 37.9. The van der Waals surface area contributed by atoms with Gasteiger partial charge >= 0.3 is 6.03 Å². The molecule has 3 N–H and O–H groups in total. The van der Waals surface area contributed by atoms with Crippen molar-refractivity contribution in [2.75, 3.05) is 11.9 Å². The topological polar surface area (TPSA) is 117 Å². The number of nitro benzene ring substituents is 1. The summed E-state index contributed by atoms with van der Waals surface area (Å²) in [6.07, 6.45) is 9.41. The number of piperidine rings is 1. The molecule has 168 valence electrons. The Hall–Kier alpha value is -2.68. The number of fused-ring (bicyclic) bond motifs is 2. The summed E-state index contributed by atoms with van der Waals surface area (Å²) in [6.45, 7) is 0.211. The van der Waals surface area contributed by atoms with Gasteiger partial charge in [-0.15, -0.1) is 0 Å². The summed E-state index contributed by atoms with van der Waals surface area (Å²) in [5, 5.41) is 20.1. The summed E-state index contributed by atoms with van der Waals surface area (Å²) in [6, 6.07) is 7.01. The van der Waals surface area contributed by atoms with E-state index in [-0.39, 0.29) is 54.0 Å². The van der Waals surface area contributed by atoms with E-state index in [4.69, 9.17) is 0 Å². The van der Waals surface area contributed by atoms with Gasteiger partial charge in [0.1, 0.15) is 5.69 Å². The number of nitro groups is 1. The van der Waals surface area contributed by atoms with E-state index in [1.54, 1.807) is 18.2 Å². The fraction of sp³-hybridized carbons (Fsp3) is 0.636. The first-order chi connectivity index (χ1) is 15.0. The minimum Gasteiger partial charge on any atom is -0.335 e. The van der Waals surface area contributed by atoms with Crippen LogP contribution in [0.4, 0.5) is 16.2 Å². The number of nitrogens with one attached hydrogen (secondary N) is 3. The molecule has 31 heavy (non-hydrogen) atoms. The molecule has 3 fully saturated rings. The average Bonchev–Trinajstić information content (AvgIpc) is 2.97. The second kappa shape index (κ2) is 9.64. The third-order valence-electron chi connectivity index (χ3n) is 6.86. The molecule has 9 heteroatoms. The molecule has 3 aliphatic rings. The number of para-hydroxylation sites is 2. The van der Waals surface area contributed by atoms with Crippen LogP contribution < -0.4 is 16.0 Å². The van der Waals surface area contributed by atoms with Crippen molar-refractivity contribution >= 4 is 23.3 Å². The summed E-state index contributed by atoms with van der Waals surface area (Å²) in [7, 11) is 0. The number of carbonyl (C=O) groups is 2. The second-order valence-electron chi connectivity index (χ2n) is 9.00. The molecule has 2 heterocycles. The normalized spacial score (nSPS) is 26.3. The molecule has 2 bridgehead atoms. The predicted octanol–water partition coefficient (Wildman–Crippen LogP) is 3.16. The van der Waals surface area contributed by atoms with Crippen molar-refractivity contribution in [2.24, 2.45) is 0 Å². The van der Waals surface area contributed by atoms with Gasteiger partial charge < -0.3 is 16.0 Å². The van der Waals surface area contributed by atoms with Gasteiger partial charge in [0.05, 0.1) is 11.5 Å². The van der Waals surface area contributed by atoms with Gasteiger partial charge in [0.2, 0.25) is 5.91 Å². The number of hydrogen-bond acceptors (Lipinski definition) is 5. The van der Waals surface area contributed by atoms with Crippen molar-refractivity contribution in [2.45, 2.75) is 82.0 Å². The molecule has 3 amide bonds. The van der Waals surface area contributed by atoms with Crippen LogP contribution in [0.1, 0.15) is 57.8 Å². The van der Waals surface area contributed by atoms with Crippen molar-refractivity contribution in [3.05, 3.63) is 34.4 Å². The molecule has 1 saturated carbocycles. The third-order valence-corrected chi connectivity index (χ3v) is 6.86. The van der Waals surface area contributed by atoms with Crippen molar-refractivity contribution in [1.82, 2.24) is 15.5 Å². The number of carbonyl (C=O) groups excluding carboxylic acids is 2. The van der Waals surface area contributed by atoms with E-state index in [2.05, 4.69) is 20.9 Å². The maximum atomic E-state index is 12.6. The minimum absolute atomic E-state index is 0.0705. The Morgan fingerprint density at radius 3 is 2.29 bits per heavy atom. The first-order valence-corrected chi connectivity index (χ1v) is 11.4. The first-order valence-electron chi connectivity index (χ1n) is 11.4. The van der Waals surface area contributed by atoms with Gasteiger partial charge in [-0.05, 0) is 44.6 Å². The number of hydrogen-bond donors (Lipinski definition) is 3. The maximum absolute atomic E-state index is 12.6. The van der Waals surface area contributed by atoms with Crippen LogP contribution in [0.15, 0.2) is 24.3 Å². The van der Waals surface area contributed by atoms with Crippen LogP contribution in [0.2, 0.25) is 0 Å². The standard InChI is InChI=1S/C22H31N5O4/c28-21(25-19-8-4-5-9-20(19)27(30)31)14-26-17-10-11-18(26)13-16(12-17)24-22(29)23-15-6-2-1-3-7-15/h4-5,8-9,15-18H,1-3,6-7,10-14H2,(H,25,28)(H2,23,24,29)/t17-,18-/m1/s1. The van der Waals surface area contributed by atoms with Gasteiger partial charge in [-0.2, -0.15) is 0 Å². The Kier molecular flexibility index (Phi) is 6.70. The Bertz CT molecular complexity index is 812. The fourth-order valence-electron chi connectivity index (χ4n) is 5.40. The zero-order chi connectivity index (χ0) is 21.8. The maximum Gasteiger partial charge on any atom is 0.315 e. The van der Waals surface area contributed by atoms with Crippen LogP contribution in [0.5, 0.6) is 0 Å². The second-order valence-corrected chi connectivity index (χ2v) is 9.00. The molecule has 9 nitrogen and oxygen atoms in total. The van der Waals surface area contributed by atoms with E-state index in [9.17, 15) is 19.7 Å². The van der Waals surface area contributed by atoms with Crippen molar-refractivity contribution in [3.63, 3.8) is 0 Å². The molecule has 2 aliphatic heterocycles. The molecule has 0 spiro atoms. The molecular weight excluding hydrogens is 398 g/mol. The van der Waals surface area contributed by atoms with Gasteiger partial charge in [-0.25, -0.2) is 4.79 Å². The number of benzene rings is 1. The SMILES string of the molecule is O=C(CN1[C@@H]2CC[C@@H]1CC(NC(=O)NC1CCCCC1)C2)Nc1ccccc1[N+](=O)[O-]. The Morgan fingerprint density at radius 2 is 1.61 bits per heavy atom. The van der Waals surface area contributed by atoms with Crippen LogP contribution in [-0.4, -0.2) is 52.5 Å². The zero-order valence-corrected chi connectivity index (χ0v) is 17.7. The average molecular weight is 430 g/mol. The lowest BCUT2D eigenvalue weighted by molar-refractivity contribution is -0.383. The van der Waals surface area contributed by atoms with Gasteiger partial charge in [-0.1, -0.05) is 31.4 Å². The fourth-order valence-corrected chi connectivity index (χ4v) is 5.40. The van der Waals surface area contributed by atoms with E-state index in [0.717, 1.165) is 38.5 Å². The monoisotopic (exact) mass is 429 g/mol. The number of rotatable bonds is 6. The smallest absolute Gasteiger partial charge is 0.315 e. The predicted molar refractivity (Wildman–Crippen MR) is 117 cm³/mol. The molecule has 0 aromatic heterocycles. The summed E-state index contributed by atoms with van der Waals surface area (Å²) >= 11 is 0. The molecular formula is C22H31N5O4. The van der Waals surface area contributed by atoms with Crippen LogP contribution in [0.3, 0.4) is 0 Å². The highest BCUT2D eigenvalue weighted by atomic mass is 16.6. The zero-order valence-electron chi connectivity index (χ0n) is 17.7. The van der Waals surface area contributed by atoms with E-state index >= 15 is 0 Å². The lowest BCUT2D eigenvalue weighted by Crippen LogP contribution is -2.54. The lowest BCUT2D eigenvalue weighted by atomic mass is 9.95. The van der Waals surface area contributed by atoms with Crippen LogP contribution in [0, 0.1) is 10.1 Å². The Morgan fingerprint density at radius 1 is 0.968 bits per heavy atom. The Labute approximate surface area is 182 Å². The molecule has 1 aromatic carbocycles. The molecule has 0 unspecified atom stereocenters. The summed E-state index contributed by atoms with van der Waals surface area (Å²) in [5.41, 5.74) is 0.117. The number of anilines is 1. The number of amides is 3. The van der Waals surface area contributed by atoms with Gasteiger partial charge in [0.15, 0.2) is 0 Å². The van der Waals surface area contributed by atoms with Crippen molar-refractivity contribution in [3.8, 4) is 0 Å². The molecule has 2 atom stereocenters. The first kappa shape index (κ1) is 21.5. The molecule has 2 saturated heterocycles. The van der Waals surface area contributed by atoms with E-state index < -0.39 is 4.92 Å². The largest absolute Gasteiger partial charge is 0.335 e. The minimum atomic E-state index is -0.491. The van der Waals surface area contributed by atoms with Gasteiger partial charge in [0.25, 0.3) is 5.69 Å². The highest BCUT2D eigenvalue weighted by molar-refractivity contribution is 5.94. The number of urea groups is 1. The lowest BCUT2D eigenvalue weighted by Gasteiger charge is -2.39. The van der Waals surface area contributed by atoms with Crippen molar-refractivity contribution in [1.29, 1.82) is 0 Å². The molecule has 1 aliphatic carbocycles. The highest BCUT2D eigenvalue weighted by Crippen LogP contribution is 2.35. The van der Waals surface area contributed by atoms with E-state index in [0.29, 0.717) is 0 Å².